The first kappa shape index (κ1) is 11.3. The van der Waals surface area contributed by atoms with Crippen LogP contribution < -0.4 is 0 Å². The van der Waals surface area contributed by atoms with Gasteiger partial charge < -0.3 is 9.52 Å². The van der Waals surface area contributed by atoms with Crippen molar-refractivity contribution in [1.82, 2.24) is 0 Å². The Morgan fingerprint density at radius 1 is 1.21 bits per heavy atom. The third kappa shape index (κ3) is 3.54. The molecule has 0 bridgehead atoms. The summed E-state index contributed by atoms with van der Waals surface area (Å²) in [5, 5.41) is 8.62. The number of unbranched alkanes of at least 4 members (excludes halogenated alkanes) is 2. The largest absolute Gasteiger partial charge is 0.466 e. The SMILES string of the molecule is CC(C)c1ccc(CCCCCO)o1. The predicted molar refractivity (Wildman–Crippen MR) is 57.4 cm³/mol. The van der Waals surface area contributed by atoms with Gasteiger partial charge in [-0.05, 0) is 25.0 Å². The van der Waals surface area contributed by atoms with Crippen LogP contribution in [0.25, 0.3) is 0 Å². The average molecular weight is 196 g/mol. The van der Waals surface area contributed by atoms with Gasteiger partial charge in [0.25, 0.3) is 0 Å². The minimum absolute atomic E-state index is 0.301. The zero-order chi connectivity index (χ0) is 10.4. The average Bonchev–Trinajstić information content (AvgIpc) is 2.61. The summed E-state index contributed by atoms with van der Waals surface area (Å²) in [7, 11) is 0. The van der Waals surface area contributed by atoms with Crippen LogP contribution in [-0.2, 0) is 6.42 Å². The maximum atomic E-state index is 8.62. The lowest BCUT2D eigenvalue weighted by atomic mass is 10.1. The minimum Gasteiger partial charge on any atom is -0.466 e. The van der Waals surface area contributed by atoms with Crippen LogP contribution in [0.3, 0.4) is 0 Å². The normalized spacial score (nSPS) is 11.1. The van der Waals surface area contributed by atoms with Gasteiger partial charge >= 0.3 is 0 Å². The van der Waals surface area contributed by atoms with Crippen molar-refractivity contribution in [2.45, 2.75) is 45.4 Å². The molecule has 2 heteroatoms. The predicted octanol–water partition coefficient (Wildman–Crippen LogP) is 3.11. The number of aryl methyl sites for hydroxylation is 1. The second-order valence-electron chi connectivity index (χ2n) is 3.99. The molecule has 0 fully saturated rings. The first-order valence-corrected chi connectivity index (χ1v) is 5.43. The van der Waals surface area contributed by atoms with Gasteiger partial charge in [-0.3, -0.25) is 0 Å². The Labute approximate surface area is 85.9 Å². The van der Waals surface area contributed by atoms with Gasteiger partial charge in [0.2, 0.25) is 0 Å². The fourth-order valence-electron chi connectivity index (χ4n) is 1.43. The van der Waals surface area contributed by atoms with Crippen molar-refractivity contribution < 1.29 is 9.52 Å². The van der Waals surface area contributed by atoms with E-state index in [-0.39, 0.29) is 0 Å². The Bertz CT molecular complexity index is 251. The maximum absolute atomic E-state index is 8.62. The standard InChI is InChI=1S/C12H20O2/c1-10(2)12-8-7-11(14-12)6-4-3-5-9-13/h7-8,10,13H,3-6,9H2,1-2H3. The molecule has 0 radical (unpaired) electrons. The molecule has 0 saturated heterocycles. The van der Waals surface area contributed by atoms with E-state index in [1.807, 2.05) is 0 Å². The van der Waals surface area contributed by atoms with Crippen molar-refractivity contribution in [2.75, 3.05) is 6.61 Å². The quantitative estimate of drug-likeness (QED) is 0.709. The van der Waals surface area contributed by atoms with Crippen molar-refractivity contribution in [3.8, 4) is 0 Å². The molecule has 0 amide bonds. The molecule has 0 aliphatic rings. The van der Waals surface area contributed by atoms with Crippen LogP contribution in [0, 0.1) is 0 Å². The minimum atomic E-state index is 0.301. The van der Waals surface area contributed by atoms with E-state index in [0.717, 1.165) is 37.2 Å². The molecule has 2 nitrogen and oxygen atoms in total. The first-order valence-electron chi connectivity index (χ1n) is 5.43. The van der Waals surface area contributed by atoms with Gasteiger partial charge in [-0.15, -0.1) is 0 Å². The van der Waals surface area contributed by atoms with E-state index >= 15 is 0 Å². The lowest BCUT2D eigenvalue weighted by molar-refractivity contribution is 0.282. The van der Waals surface area contributed by atoms with Crippen LogP contribution in [0.15, 0.2) is 16.5 Å². The van der Waals surface area contributed by atoms with Gasteiger partial charge in [-0.1, -0.05) is 20.3 Å². The Morgan fingerprint density at radius 3 is 2.57 bits per heavy atom. The van der Waals surface area contributed by atoms with Crippen LogP contribution in [0.4, 0.5) is 0 Å². The molecule has 1 aromatic heterocycles. The summed E-state index contributed by atoms with van der Waals surface area (Å²) in [6.07, 6.45) is 4.07. The van der Waals surface area contributed by atoms with E-state index in [9.17, 15) is 0 Å². The molecular weight excluding hydrogens is 176 g/mol. The van der Waals surface area contributed by atoms with Crippen molar-refractivity contribution >= 4 is 0 Å². The Kier molecular flexibility index (Phi) is 4.74. The molecule has 0 aromatic carbocycles. The topological polar surface area (TPSA) is 33.4 Å². The fraction of sp³-hybridized carbons (Fsp3) is 0.667. The maximum Gasteiger partial charge on any atom is 0.106 e. The van der Waals surface area contributed by atoms with E-state index in [4.69, 9.17) is 9.52 Å². The molecule has 14 heavy (non-hydrogen) atoms. The number of aliphatic hydroxyl groups excluding tert-OH is 1. The van der Waals surface area contributed by atoms with Crippen LogP contribution in [0.2, 0.25) is 0 Å². The Hall–Kier alpha value is -0.760. The highest BCUT2D eigenvalue weighted by molar-refractivity contribution is 5.10. The van der Waals surface area contributed by atoms with Crippen molar-refractivity contribution in [2.24, 2.45) is 0 Å². The van der Waals surface area contributed by atoms with Crippen LogP contribution in [-0.4, -0.2) is 11.7 Å². The van der Waals surface area contributed by atoms with E-state index in [0.29, 0.717) is 12.5 Å². The molecule has 80 valence electrons. The van der Waals surface area contributed by atoms with Gasteiger partial charge in [0.1, 0.15) is 11.5 Å². The summed E-state index contributed by atoms with van der Waals surface area (Å²) in [6.45, 7) is 4.57. The van der Waals surface area contributed by atoms with Crippen LogP contribution in [0.5, 0.6) is 0 Å². The molecule has 0 unspecified atom stereocenters. The zero-order valence-corrected chi connectivity index (χ0v) is 9.12. The molecule has 1 aromatic rings. The van der Waals surface area contributed by atoms with E-state index in [1.165, 1.54) is 0 Å². The second-order valence-corrected chi connectivity index (χ2v) is 3.99. The van der Waals surface area contributed by atoms with Gasteiger partial charge in [-0.2, -0.15) is 0 Å². The lowest BCUT2D eigenvalue weighted by Gasteiger charge is -1.99. The van der Waals surface area contributed by atoms with Crippen LogP contribution >= 0.6 is 0 Å². The number of rotatable bonds is 6. The summed E-state index contributed by atoms with van der Waals surface area (Å²) in [5.41, 5.74) is 0. The highest BCUT2D eigenvalue weighted by Gasteiger charge is 2.04. The summed E-state index contributed by atoms with van der Waals surface area (Å²) in [4.78, 5) is 0. The molecular formula is C12H20O2. The molecule has 0 spiro atoms. The summed E-state index contributed by atoms with van der Waals surface area (Å²) >= 11 is 0. The fourth-order valence-corrected chi connectivity index (χ4v) is 1.43. The molecule has 0 saturated carbocycles. The summed E-state index contributed by atoms with van der Waals surface area (Å²) in [5.74, 6) is 2.62. The molecule has 1 rings (SSSR count). The van der Waals surface area contributed by atoms with E-state index in [2.05, 4.69) is 26.0 Å². The first-order chi connectivity index (χ1) is 6.74. The van der Waals surface area contributed by atoms with E-state index in [1.54, 1.807) is 0 Å². The number of hydrogen-bond acceptors (Lipinski definition) is 2. The van der Waals surface area contributed by atoms with E-state index < -0.39 is 0 Å². The third-order valence-electron chi connectivity index (χ3n) is 2.33. The summed E-state index contributed by atoms with van der Waals surface area (Å²) < 4.78 is 5.66. The summed E-state index contributed by atoms with van der Waals surface area (Å²) in [6, 6.07) is 4.13. The number of hydrogen-bond donors (Lipinski definition) is 1. The van der Waals surface area contributed by atoms with Gasteiger partial charge in [0.15, 0.2) is 0 Å². The van der Waals surface area contributed by atoms with Crippen molar-refractivity contribution in [1.29, 1.82) is 0 Å². The van der Waals surface area contributed by atoms with Crippen molar-refractivity contribution in [3.05, 3.63) is 23.7 Å². The smallest absolute Gasteiger partial charge is 0.106 e. The third-order valence-corrected chi connectivity index (χ3v) is 2.33. The highest BCUT2D eigenvalue weighted by atomic mass is 16.3. The Balaban J connectivity index is 2.29. The molecule has 0 aliphatic carbocycles. The zero-order valence-electron chi connectivity index (χ0n) is 9.12. The van der Waals surface area contributed by atoms with Crippen molar-refractivity contribution in [3.63, 3.8) is 0 Å². The molecule has 0 atom stereocenters. The van der Waals surface area contributed by atoms with Gasteiger partial charge in [-0.25, -0.2) is 0 Å². The Morgan fingerprint density at radius 2 is 2.00 bits per heavy atom. The van der Waals surface area contributed by atoms with Gasteiger partial charge in [0.05, 0.1) is 0 Å². The number of furan rings is 1. The second kappa shape index (κ2) is 5.86. The van der Waals surface area contributed by atoms with Crippen LogP contribution in [0.1, 0.15) is 50.5 Å². The molecule has 1 heterocycles. The monoisotopic (exact) mass is 196 g/mol. The van der Waals surface area contributed by atoms with Gasteiger partial charge in [0, 0.05) is 18.9 Å². The highest BCUT2D eigenvalue weighted by Crippen LogP contribution is 2.18. The molecule has 0 aliphatic heterocycles. The molecule has 1 N–H and O–H groups in total. The number of aliphatic hydroxyl groups is 1. The lowest BCUT2D eigenvalue weighted by Crippen LogP contribution is -1.86.